The minimum absolute atomic E-state index is 0.840. The normalized spacial score (nSPS) is 20.0. The van der Waals surface area contributed by atoms with Crippen molar-refractivity contribution in [1.82, 2.24) is 15.1 Å². The summed E-state index contributed by atoms with van der Waals surface area (Å²) >= 11 is 3.48. The smallest absolute Gasteiger partial charge is 0.208 e. The van der Waals surface area contributed by atoms with Gasteiger partial charge in [-0.3, -0.25) is 4.90 Å². The number of nitrogens with zero attached hydrogens (tertiary/aromatic N) is 4. The zero-order chi connectivity index (χ0) is 16.4. The molecule has 4 rings (SSSR count). The second-order valence-corrected chi connectivity index (χ2v) is 8.42. The van der Waals surface area contributed by atoms with Crippen molar-refractivity contribution in [1.29, 1.82) is 0 Å². The van der Waals surface area contributed by atoms with Gasteiger partial charge in [0.05, 0.1) is 0 Å². The van der Waals surface area contributed by atoms with Crippen molar-refractivity contribution in [2.75, 3.05) is 37.3 Å². The highest BCUT2D eigenvalue weighted by Gasteiger charge is 2.27. The van der Waals surface area contributed by atoms with Gasteiger partial charge in [-0.15, -0.1) is 22.0 Å². The van der Waals surface area contributed by atoms with Crippen LogP contribution in [0.5, 0.6) is 0 Å². The fraction of sp³-hybridized carbons (Fsp3) is 0.556. The number of thioether (sulfide) groups is 1. The Balaban J connectivity index is 1.39. The summed E-state index contributed by atoms with van der Waals surface area (Å²) in [5.74, 6) is 0. The molecule has 0 bridgehead atoms. The lowest BCUT2D eigenvalue weighted by Crippen LogP contribution is -2.49. The summed E-state index contributed by atoms with van der Waals surface area (Å²) in [6.45, 7) is 4.50. The third-order valence-corrected chi connectivity index (χ3v) is 6.95. The summed E-state index contributed by atoms with van der Waals surface area (Å²) in [4.78, 5) is 6.38. The molecule has 2 aliphatic rings. The van der Waals surface area contributed by atoms with Crippen molar-refractivity contribution >= 4 is 28.2 Å². The summed E-state index contributed by atoms with van der Waals surface area (Å²) in [5.41, 5.74) is 1.17. The molecular weight excluding hydrogens is 336 g/mol. The monoisotopic (exact) mass is 360 g/mol. The molecule has 0 atom stereocenters. The third-order valence-electron chi connectivity index (χ3n) is 5.18. The SMILES string of the molecule is CSc1ccc(-c2nnc(N3CCN(C4CCCC4)CC3)s2)cc1. The van der Waals surface area contributed by atoms with Gasteiger partial charge in [-0.2, -0.15) is 0 Å². The Kier molecular flexibility index (Phi) is 5.06. The maximum atomic E-state index is 4.45. The molecule has 0 unspecified atom stereocenters. The van der Waals surface area contributed by atoms with Crippen molar-refractivity contribution in [3.05, 3.63) is 24.3 Å². The van der Waals surface area contributed by atoms with Gasteiger partial charge in [0, 0.05) is 42.7 Å². The molecule has 1 aliphatic heterocycles. The standard InChI is InChI=1S/C18H24N4S2/c1-23-16-8-6-14(7-9-16)17-19-20-18(24-17)22-12-10-21(11-13-22)15-4-2-3-5-15/h6-9,15H,2-5,10-13H2,1H3. The summed E-state index contributed by atoms with van der Waals surface area (Å²) in [7, 11) is 0. The van der Waals surface area contributed by atoms with Gasteiger partial charge in [0.25, 0.3) is 0 Å². The van der Waals surface area contributed by atoms with E-state index in [4.69, 9.17) is 0 Å². The maximum absolute atomic E-state index is 4.45. The zero-order valence-electron chi connectivity index (χ0n) is 14.1. The van der Waals surface area contributed by atoms with Gasteiger partial charge in [0.1, 0.15) is 5.01 Å². The molecule has 128 valence electrons. The first-order valence-corrected chi connectivity index (χ1v) is 10.8. The van der Waals surface area contributed by atoms with Crippen LogP contribution in [-0.4, -0.2) is 53.6 Å². The van der Waals surface area contributed by atoms with Crippen LogP contribution < -0.4 is 4.90 Å². The molecule has 1 aliphatic carbocycles. The fourth-order valence-electron chi connectivity index (χ4n) is 3.74. The van der Waals surface area contributed by atoms with Gasteiger partial charge < -0.3 is 4.90 Å². The predicted octanol–water partition coefficient (Wildman–Crippen LogP) is 3.99. The average Bonchev–Trinajstić information content (AvgIpc) is 3.34. The number of aromatic nitrogens is 2. The number of rotatable bonds is 4. The number of hydrogen-bond donors (Lipinski definition) is 0. The van der Waals surface area contributed by atoms with Crippen molar-refractivity contribution in [2.24, 2.45) is 0 Å². The van der Waals surface area contributed by atoms with E-state index in [2.05, 4.69) is 50.5 Å². The highest BCUT2D eigenvalue weighted by Crippen LogP contribution is 2.31. The van der Waals surface area contributed by atoms with Gasteiger partial charge in [-0.25, -0.2) is 0 Å². The minimum atomic E-state index is 0.840. The van der Waals surface area contributed by atoms with Crippen molar-refractivity contribution in [3.8, 4) is 10.6 Å². The highest BCUT2D eigenvalue weighted by molar-refractivity contribution is 7.98. The molecule has 1 saturated heterocycles. The lowest BCUT2D eigenvalue weighted by molar-refractivity contribution is 0.187. The molecule has 2 aromatic rings. The molecule has 6 heteroatoms. The van der Waals surface area contributed by atoms with E-state index in [1.54, 1.807) is 23.1 Å². The van der Waals surface area contributed by atoms with E-state index >= 15 is 0 Å². The van der Waals surface area contributed by atoms with Gasteiger partial charge in [0.2, 0.25) is 5.13 Å². The summed E-state index contributed by atoms with van der Waals surface area (Å²) < 4.78 is 0. The Hall–Kier alpha value is -1.11. The third kappa shape index (κ3) is 3.46. The van der Waals surface area contributed by atoms with E-state index in [0.29, 0.717) is 0 Å². The highest BCUT2D eigenvalue weighted by atomic mass is 32.2. The molecular formula is C18H24N4S2. The van der Waals surface area contributed by atoms with Crippen molar-refractivity contribution < 1.29 is 0 Å². The van der Waals surface area contributed by atoms with Crippen LogP contribution >= 0.6 is 23.1 Å². The van der Waals surface area contributed by atoms with E-state index < -0.39 is 0 Å². The minimum Gasteiger partial charge on any atom is -0.344 e. The molecule has 1 aromatic heterocycles. The van der Waals surface area contributed by atoms with Crippen LogP contribution in [0.1, 0.15) is 25.7 Å². The van der Waals surface area contributed by atoms with Crippen molar-refractivity contribution in [3.63, 3.8) is 0 Å². The predicted molar refractivity (Wildman–Crippen MR) is 103 cm³/mol. The van der Waals surface area contributed by atoms with Crippen LogP contribution in [0.15, 0.2) is 29.2 Å². The molecule has 24 heavy (non-hydrogen) atoms. The first-order chi connectivity index (χ1) is 11.8. The lowest BCUT2D eigenvalue weighted by Gasteiger charge is -2.37. The molecule has 4 nitrogen and oxygen atoms in total. The Morgan fingerprint density at radius 1 is 1.00 bits per heavy atom. The Bertz CT molecular complexity index is 656. The molecule has 0 radical (unpaired) electrons. The van der Waals surface area contributed by atoms with Crippen LogP contribution in [-0.2, 0) is 0 Å². The molecule has 2 heterocycles. The molecule has 2 fully saturated rings. The second kappa shape index (κ2) is 7.42. The largest absolute Gasteiger partial charge is 0.344 e. The summed E-state index contributed by atoms with van der Waals surface area (Å²) in [5, 5.41) is 11.0. The topological polar surface area (TPSA) is 32.3 Å². The fourth-order valence-corrected chi connectivity index (χ4v) is 5.05. The molecule has 0 amide bonds. The van der Waals surface area contributed by atoms with E-state index in [9.17, 15) is 0 Å². The number of benzene rings is 1. The molecule has 1 aromatic carbocycles. The Morgan fingerprint density at radius 3 is 2.38 bits per heavy atom. The average molecular weight is 361 g/mol. The van der Waals surface area contributed by atoms with E-state index in [0.717, 1.165) is 29.3 Å². The Morgan fingerprint density at radius 2 is 1.71 bits per heavy atom. The van der Waals surface area contributed by atoms with E-state index in [1.807, 2.05) is 0 Å². The van der Waals surface area contributed by atoms with Crippen LogP contribution in [0.3, 0.4) is 0 Å². The van der Waals surface area contributed by atoms with Gasteiger partial charge >= 0.3 is 0 Å². The second-order valence-electron chi connectivity index (χ2n) is 6.58. The lowest BCUT2D eigenvalue weighted by atomic mass is 10.2. The summed E-state index contributed by atoms with van der Waals surface area (Å²) in [6.07, 6.45) is 7.73. The van der Waals surface area contributed by atoms with Crippen LogP contribution in [0.2, 0.25) is 0 Å². The van der Waals surface area contributed by atoms with E-state index in [-0.39, 0.29) is 0 Å². The maximum Gasteiger partial charge on any atom is 0.208 e. The number of anilines is 1. The van der Waals surface area contributed by atoms with Crippen molar-refractivity contribution in [2.45, 2.75) is 36.6 Å². The van der Waals surface area contributed by atoms with Crippen LogP contribution in [0, 0.1) is 0 Å². The molecule has 0 N–H and O–H groups in total. The first kappa shape index (κ1) is 16.4. The van der Waals surface area contributed by atoms with Gasteiger partial charge in [-0.1, -0.05) is 36.3 Å². The van der Waals surface area contributed by atoms with Gasteiger partial charge in [-0.05, 0) is 31.2 Å². The molecule has 0 spiro atoms. The Labute approximate surface area is 152 Å². The number of hydrogen-bond acceptors (Lipinski definition) is 6. The first-order valence-electron chi connectivity index (χ1n) is 8.80. The van der Waals surface area contributed by atoms with E-state index in [1.165, 1.54) is 49.2 Å². The summed E-state index contributed by atoms with van der Waals surface area (Å²) in [6, 6.07) is 9.44. The van der Waals surface area contributed by atoms with Crippen LogP contribution in [0.25, 0.3) is 10.6 Å². The number of piperazine rings is 1. The quantitative estimate of drug-likeness (QED) is 0.770. The van der Waals surface area contributed by atoms with Crippen LogP contribution in [0.4, 0.5) is 5.13 Å². The van der Waals surface area contributed by atoms with Gasteiger partial charge in [0.15, 0.2) is 0 Å². The zero-order valence-corrected chi connectivity index (χ0v) is 15.8. The molecule has 1 saturated carbocycles.